The molecule has 1 aliphatic rings. The monoisotopic (exact) mass is 249 g/mol. The first kappa shape index (κ1) is 11.5. The third-order valence-corrected chi connectivity index (χ3v) is 4.10. The molecule has 1 rings (SSSR count). The van der Waals surface area contributed by atoms with Gasteiger partial charge in [-0.25, -0.2) is 0 Å². The molecule has 1 saturated heterocycles. The predicted molar refractivity (Wildman–Crippen MR) is 59.2 cm³/mol. The van der Waals surface area contributed by atoms with Crippen molar-refractivity contribution in [1.29, 1.82) is 0 Å². The van der Waals surface area contributed by atoms with Gasteiger partial charge in [0.2, 0.25) is 0 Å². The number of likely N-dealkylation sites (tertiary alicyclic amines) is 1. The van der Waals surface area contributed by atoms with Crippen LogP contribution in [-0.4, -0.2) is 41.1 Å². The third kappa shape index (κ3) is 2.93. The second-order valence-electron chi connectivity index (χ2n) is 4.27. The molecule has 0 aromatic carbocycles. The third-order valence-electron chi connectivity index (χ3n) is 2.99. The van der Waals surface area contributed by atoms with E-state index in [4.69, 9.17) is 0 Å². The fraction of sp³-hybridized carbons (Fsp3) is 1.00. The van der Waals surface area contributed by atoms with Gasteiger partial charge < -0.3 is 5.11 Å². The normalized spacial score (nSPS) is 32.3. The molecule has 0 aromatic heterocycles. The maximum atomic E-state index is 9.24. The lowest BCUT2D eigenvalue weighted by Gasteiger charge is -2.27. The first-order valence-electron chi connectivity index (χ1n) is 5.10. The van der Waals surface area contributed by atoms with Crippen LogP contribution in [0.2, 0.25) is 0 Å². The molecule has 1 N–H and O–H groups in total. The summed E-state index contributed by atoms with van der Waals surface area (Å²) in [5.74, 6) is 1.34. The van der Waals surface area contributed by atoms with Crippen LogP contribution < -0.4 is 0 Å². The minimum Gasteiger partial charge on any atom is -0.395 e. The van der Waals surface area contributed by atoms with Crippen LogP contribution in [0.5, 0.6) is 0 Å². The van der Waals surface area contributed by atoms with Gasteiger partial charge in [-0.15, -0.1) is 0 Å². The Labute approximate surface area is 89.4 Å². The summed E-state index contributed by atoms with van der Waals surface area (Å²) in [5.41, 5.74) is 0. The molecule has 3 atom stereocenters. The number of hydrogen-bond donors (Lipinski definition) is 1. The van der Waals surface area contributed by atoms with Crippen LogP contribution in [-0.2, 0) is 0 Å². The van der Waals surface area contributed by atoms with Crippen LogP contribution in [0.1, 0.15) is 20.3 Å². The molecule has 1 aliphatic heterocycles. The molecular weight excluding hydrogens is 230 g/mol. The molecule has 0 spiro atoms. The topological polar surface area (TPSA) is 23.5 Å². The highest BCUT2D eigenvalue weighted by molar-refractivity contribution is 9.09. The molecule has 1 fully saturated rings. The Morgan fingerprint density at radius 2 is 2.31 bits per heavy atom. The Morgan fingerprint density at radius 3 is 2.85 bits per heavy atom. The van der Waals surface area contributed by atoms with E-state index in [2.05, 4.69) is 34.7 Å². The molecule has 2 nitrogen and oxygen atoms in total. The maximum Gasteiger partial charge on any atom is 0.0589 e. The van der Waals surface area contributed by atoms with Gasteiger partial charge in [0.05, 0.1) is 6.61 Å². The summed E-state index contributed by atoms with van der Waals surface area (Å²) >= 11 is 3.49. The van der Waals surface area contributed by atoms with Gasteiger partial charge in [0.1, 0.15) is 0 Å². The molecule has 3 unspecified atom stereocenters. The van der Waals surface area contributed by atoms with Crippen LogP contribution in [0, 0.1) is 11.8 Å². The summed E-state index contributed by atoms with van der Waals surface area (Å²) in [6.07, 6.45) is 1.24. The van der Waals surface area contributed by atoms with Crippen LogP contribution in [0.25, 0.3) is 0 Å². The zero-order chi connectivity index (χ0) is 9.84. The summed E-state index contributed by atoms with van der Waals surface area (Å²) in [6, 6.07) is 0.404. The van der Waals surface area contributed by atoms with Gasteiger partial charge in [0.25, 0.3) is 0 Å². The fourth-order valence-corrected chi connectivity index (χ4v) is 2.26. The molecular formula is C10H20BrNO. The van der Waals surface area contributed by atoms with E-state index in [0.717, 1.165) is 18.4 Å². The van der Waals surface area contributed by atoms with Gasteiger partial charge in [0.15, 0.2) is 0 Å². The van der Waals surface area contributed by atoms with E-state index in [1.54, 1.807) is 0 Å². The van der Waals surface area contributed by atoms with Crippen molar-refractivity contribution in [2.45, 2.75) is 26.3 Å². The van der Waals surface area contributed by atoms with Crippen molar-refractivity contribution in [3.63, 3.8) is 0 Å². The van der Waals surface area contributed by atoms with Crippen molar-refractivity contribution in [3.8, 4) is 0 Å². The van der Waals surface area contributed by atoms with Crippen molar-refractivity contribution in [1.82, 2.24) is 4.90 Å². The molecule has 0 saturated carbocycles. The number of alkyl halides is 1. The molecule has 0 amide bonds. The number of aliphatic hydroxyl groups is 1. The van der Waals surface area contributed by atoms with E-state index >= 15 is 0 Å². The van der Waals surface area contributed by atoms with Crippen LogP contribution in [0.15, 0.2) is 0 Å². The Morgan fingerprint density at radius 1 is 1.62 bits per heavy atom. The van der Waals surface area contributed by atoms with Crippen molar-refractivity contribution in [2.24, 2.45) is 11.8 Å². The van der Waals surface area contributed by atoms with Crippen molar-refractivity contribution >= 4 is 15.9 Å². The second kappa shape index (κ2) is 5.32. The molecule has 3 heteroatoms. The van der Waals surface area contributed by atoms with E-state index < -0.39 is 0 Å². The Kier molecular flexibility index (Phi) is 4.70. The summed E-state index contributed by atoms with van der Waals surface area (Å²) in [6.45, 7) is 7.06. The average Bonchev–Trinajstić information content (AvgIpc) is 2.46. The highest BCUT2D eigenvalue weighted by Gasteiger charge is 2.30. The number of aliphatic hydroxyl groups excluding tert-OH is 1. The van der Waals surface area contributed by atoms with Crippen LogP contribution in [0.4, 0.5) is 0 Å². The van der Waals surface area contributed by atoms with E-state index in [-0.39, 0.29) is 0 Å². The zero-order valence-corrected chi connectivity index (χ0v) is 10.1. The summed E-state index contributed by atoms with van der Waals surface area (Å²) in [5, 5.41) is 10.3. The van der Waals surface area contributed by atoms with Gasteiger partial charge in [-0.3, -0.25) is 4.90 Å². The van der Waals surface area contributed by atoms with E-state index in [9.17, 15) is 5.11 Å². The SMILES string of the molecule is CC(CBr)CN1CCC(C)C1CO. The van der Waals surface area contributed by atoms with Crippen LogP contribution in [0.3, 0.4) is 0 Å². The largest absolute Gasteiger partial charge is 0.395 e. The second-order valence-corrected chi connectivity index (χ2v) is 4.92. The lowest BCUT2D eigenvalue weighted by molar-refractivity contribution is 0.130. The summed E-state index contributed by atoms with van der Waals surface area (Å²) in [7, 11) is 0. The Hall–Kier alpha value is 0.400. The maximum absolute atomic E-state index is 9.24. The number of halogens is 1. The Bertz CT molecular complexity index is 154. The van der Waals surface area contributed by atoms with E-state index in [1.807, 2.05) is 0 Å². The Balaban J connectivity index is 2.41. The number of hydrogen-bond acceptors (Lipinski definition) is 2. The molecule has 1 heterocycles. The number of rotatable bonds is 4. The molecule has 78 valence electrons. The van der Waals surface area contributed by atoms with Crippen molar-refractivity contribution < 1.29 is 5.11 Å². The summed E-state index contributed by atoms with van der Waals surface area (Å²) in [4.78, 5) is 2.43. The average molecular weight is 250 g/mol. The molecule has 0 aromatic rings. The van der Waals surface area contributed by atoms with Gasteiger partial charge in [-0.2, -0.15) is 0 Å². The lowest BCUT2D eigenvalue weighted by atomic mass is 10.0. The first-order chi connectivity index (χ1) is 6.19. The standard InChI is InChI=1S/C10H20BrNO/c1-8(5-11)6-12-4-3-9(2)10(12)7-13/h8-10,13H,3-7H2,1-2H3. The quantitative estimate of drug-likeness (QED) is 0.768. The minimum atomic E-state index is 0.316. The van der Waals surface area contributed by atoms with Crippen LogP contribution >= 0.6 is 15.9 Å². The van der Waals surface area contributed by atoms with Gasteiger partial charge in [-0.1, -0.05) is 29.8 Å². The molecule has 0 radical (unpaired) electrons. The fourth-order valence-electron chi connectivity index (χ4n) is 2.06. The van der Waals surface area contributed by atoms with Crippen molar-refractivity contribution in [2.75, 3.05) is 25.0 Å². The smallest absolute Gasteiger partial charge is 0.0589 e. The van der Waals surface area contributed by atoms with E-state index in [0.29, 0.717) is 24.5 Å². The summed E-state index contributed by atoms with van der Waals surface area (Å²) < 4.78 is 0. The predicted octanol–water partition coefficient (Wildman–Crippen LogP) is 1.72. The zero-order valence-electron chi connectivity index (χ0n) is 8.54. The molecule has 0 bridgehead atoms. The van der Waals surface area contributed by atoms with Gasteiger partial charge in [0, 0.05) is 17.9 Å². The van der Waals surface area contributed by atoms with Gasteiger partial charge >= 0.3 is 0 Å². The van der Waals surface area contributed by atoms with E-state index in [1.165, 1.54) is 6.42 Å². The molecule has 0 aliphatic carbocycles. The molecule has 13 heavy (non-hydrogen) atoms. The minimum absolute atomic E-state index is 0.316. The highest BCUT2D eigenvalue weighted by atomic mass is 79.9. The lowest BCUT2D eigenvalue weighted by Crippen LogP contribution is -2.38. The first-order valence-corrected chi connectivity index (χ1v) is 6.22. The van der Waals surface area contributed by atoms with Gasteiger partial charge in [-0.05, 0) is 24.8 Å². The van der Waals surface area contributed by atoms with Crippen molar-refractivity contribution in [3.05, 3.63) is 0 Å². The highest BCUT2D eigenvalue weighted by Crippen LogP contribution is 2.24. The number of nitrogens with zero attached hydrogens (tertiary/aromatic N) is 1.